The molecule has 2 aromatic heterocycles. The van der Waals surface area contributed by atoms with Crippen LogP contribution in [0.25, 0.3) is 100.0 Å². The maximum Gasteiger partial charge on any atom is 0.160 e. The van der Waals surface area contributed by atoms with Crippen LogP contribution in [0.15, 0.2) is 247 Å². The summed E-state index contributed by atoms with van der Waals surface area (Å²) in [7, 11) is 0. The summed E-state index contributed by atoms with van der Waals surface area (Å²) in [6.45, 7) is 0. The van der Waals surface area contributed by atoms with Crippen LogP contribution < -0.4 is 0 Å². The first-order chi connectivity index (χ1) is 32.7. The number of para-hydroxylation sites is 1. The van der Waals surface area contributed by atoms with E-state index in [1.54, 1.807) is 0 Å². The molecule has 0 bridgehead atoms. The highest BCUT2D eigenvalue weighted by Crippen LogP contribution is 2.56. The molecule has 3 heteroatoms. The molecule has 1 aliphatic carbocycles. The molecule has 3 nitrogen and oxygen atoms in total. The smallest absolute Gasteiger partial charge is 0.160 e. The summed E-state index contributed by atoms with van der Waals surface area (Å²) in [5.41, 5.74) is 17.7. The molecule has 308 valence electrons. The molecule has 0 unspecified atom stereocenters. The summed E-state index contributed by atoms with van der Waals surface area (Å²) < 4.78 is 6.42. The molecule has 0 N–H and O–H groups in total. The summed E-state index contributed by atoms with van der Waals surface area (Å²) in [6, 6.07) is 87.2. The minimum atomic E-state index is -0.535. The Labute approximate surface area is 383 Å². The van der Waals surface area contributed by atoms with Gasteiger partial charge in [0.05, 0.1) is 16.8 Å². The van der Waals surface area contributed by atoms with Gasteiger partial charge < -0.3 is 4.42 Å². The average molecular weight is 841 g/mol. The highest BCUT2D eigenvalue weighted by atomic mass is 16.3. The van der Waals surface area contributed by atoms with Gasteiger partial charge in [-0.3, -0.25) is 0 Å². The van der Waals surface area contributed by atoms with E-state index in [0.717, 1.165) is 72.3 Å². The lowest BCUT2D eigenvalue weighted by molar-refractivity contribution is 0.669. The zero-order valence-corrected chi connectivity index (χ0v) is 35.9. The number of aromatic nitrogens is 2. The normalized spacial score (nSPS) is 12.7. The molecule has 0 saturated carbocycles. The predicted molar refractivity (Wildman–Crippen MR) is 271 cm³/mol. The van der Waals surface area contributed by atoms with E-state index in [4.69, 9.17) is 14.4 Å². The first-order valence-corrected chi connectivity index (χ1v) is 22.5. The molecule has 66 heavy (non-hydrogen) atoms. The molecule has 10 aromatic carbocycles. The maximum atomic E-state index is 6.42. The molecule has 0 amide bonds. The van der Waals surface area contributed by atoms with Crippen molar-refractivity contribution in [1.82, 2.24) is 9.97 Å². The Balaban J connectivity index is 1.04. The molecule has 12 aromatic rings. The SMILES string of the molecule is c1ccc(-c2nc(-c3cc(-c4ccc5ccccc5c4)cc(-c4ccc5c(c4)oc4ccccc45)c3)cc(-c3ccc4c(c3)C(c3ccccc3)(c3ccccc3)c3ccccc3-4)n2)cc1. The van der Waals surface area contributed by atoms with Crippen molar-refractivity contribution in [3.8, 4) is 67.3 Å². The average Bonchev–Trinajstić information content (AvgIpc) is 3.92. The van der Waals surface area contributed by atoms with E-state index < -0.39 is 5.41 Å². The van der Waals surface area contributed by atoms with Gasteiger partial charge in [0.15, 0.2) is 5.82 Å². The Kier molecular flexibility index (Phi) is 8.75. The minimum absolute atomic E-state index is 0.535. The first kappa shape index (κ1) is 37.9. The molecule has 0 radical (unpaired) electrons. The van der Waals surface area contributed by atoms with Crippen molar-refractivity contribution in [2.45, 2.75) is 5.41 Å². The van der Waals surface area contributed by atoms with Crippen LogP contribution in [0.3, 0.4) is 0 Å². The second-order valence-electron chi connectivity index (χ2n) is 17.3. The number of hydrogen-bond acceptors (Lipinski definition) is 3. The van der Waals surface area contributed by atoms with Crippen LogP contribution in [-0.2, 0) is 5.41 Å². The number of rotatable bonds is 7. The van der Waals surface area contributed by atoms with Crippen LogP contribution >= 0.6 is 0 Å². The fourth-order valence-corrected chi connectivity index (χ4v) is 10.4. The highest BCUT2D eigenvalue weighted by Gasteiger charge is 2.46. The van der Waals surface area contributed by atoms with Crippen LogP contribution in [0.5, 0.6) is 0 Å². The van der Waals surface area contributed by atoms with Gasteiger partial charge in [-0.05, 0) is 121 Å². The summed E-state index contributed by atoms with van der Waals surface area (Å²) in [5.74, 6) is 0.672. The highest BCUT2D eigenvalue weighted by molar-refractivity contribution is 6.06. The van der Waals surface area contributed by atoms with Crippen molar-refractivity contribution in [3.63, 3.8) is 0 Å². The third kappa shape index (κ3) is 6.12. The Morgan fingerprint density at radius 2 is 0.864 bits per heavy atom. The summed E-state index contributed by atoms with van der Waals surface area (Å²) in [6.07, 6.45) is 0. The van der Waals surface area contributed by atoms with Gasteiger partial charge in [0.25, 0.3) is 0 Å². The second kappa shape index (κ2) is 15.3. The van der Waals surface area contributed by atoms with Gasteiger partial charge in [-0.15, -0.1) is 0 Å². The van der Waals surface area contributed by atoms with E-state index in [1.807, 2.05) is 18.2 Å². The van der Waals surface area contributed by atoms with Gasteiger partial charge in [0, 0.05) is 27.5 Å². The van der Waals surface area contributed by atoms with Crippen LogP contribution in [0, 0.1) is 0 Å². The number of hydrogen-bond donors (Lipinski definition) is 0. The number of nitrogens with zero attached hydrogens (tertiary/aromatic N) is 2. The molecule has 1 aliphatic rings. The molecule has 2 heterocycles. The first-order valence-electron chi connectivity index (χ1n) is 22.5. The molecule has 0 fully saturated rings. The van der Waals surface area contributed by atoms with Crippen molar-refractivity contribution >= 4 is 32.7 Å². The largest absolute Gasteiger partial charge is 0.456 e. The standard InChI is InChI=1S/C63H40N2O/c1-4-17-42(18-5-1)62-64-58(46-31-32-53-52-24-12-14-26-56(52)63(57(53)38-46,50-20-6-2-7-21-50)51-22-8-3-9-23-51)40-59(65-62)49-36-47(44-29-28-41-16-10-11-19-43(41)34-44)35-48(37-49)45-30-33-55-54-25-13-15-27-60(54)66-61(55)39-45/h1-40H. The van der Waals surface area contributed by atoms with E-state index in [-0.39, 0.29) is 0 Å². The molecule has 0 spiro atoms. The molecular formula is C63H40N2O. The monoisotopic (exact) mass is 840 g/mol. The Bertz CT molecular complexity index is 3780. The van der Waals surface area contributed by atoms with Crippen LogP contribution in [0.2, 0.25) is 0 Å². The predicted octanol–water partition coefficient (Wildman–Crippen LogP) is 16.2. The van der Waals surface area contributed by atoms with Crippen molar-refractivity contribution in [2.75, 3.05) is 0 Å². The van der Waals surface area contributed by atoms with E-state index in [2.05, 4.69) is 224 Å². The van der Waals surface area contributed by atoms with Crippen LogP contribution in [-0.4, -0.2) is 9.97 Å². The quantitative estimate of drug-likeness (QED) is 0.160. The van der Waals surface area contributed by atoms with E-state index >= 15 is 0 Å². The summed E-state index contributed by atoms with van der Waals surface area (Å²) in [4.78, 5) is 10.8. The van der Waals surface area contributed by atoms with Crippen molar-refractivity contribution in [2.24, 2.45) is 0 Å². The zero-order valence-electron chi connectivity index (χ0n) is 35.9. The van der Waals surface area contributed by atoms with Gasteiger partial charge in [0.2, 0.25) is 0 Å². The molecule has 0 saturated heterocycles. The Morgan fingerprint density at radius 1 is 0.303 bits per heavy atom. The van der Waals surface area contributed by atoms with Gasteiger partial charge >= 0.3 is 0 Å². The number of benzene rings is 10. The molecule has 13 rings (SSSR count). The Hall–Kier alpha value is -8.66. The molecular weight excluding hydrogens is 801 g/mol. The summed E-state index contributed by atoms with van der Waals surface area (Å²) in [5, 5.41) is 4.63. The fraction of sp³-hybridized carbons (Fsp3) is 0.0159. The van der Waals surface area contributed by atoms with E-state index in [1.165, 1.54) is 44.2 Å². The lowest BCUT2D eigenvalue weighted by atomic mass is 9.67. The van der Waals surface area contributed by atoms with Gasteiger partial charge in [0.1, 0.15) is 11.2 Å². The van der Waals surface area contributed by atoms with Crippen molar-refractivity contribution in [3.05, 3.63) is 265 Å². The molecule has 0 aliphatic heterocycles. The van der Waals surface area contributed by atoms with Crippen LogP contribution in [0.4, 0.5) is 0 Å². The minimum Gasteiger partial charge on any atom is -0.456 e. The van der Waals surface area contributed by atoms with E-state index in [9.17, 15) is 0 Å². The van der Waals surface area contributed by atoms with Gasteiger partial charge in [-0.2, -0.15) is 0 Å². The zero-order chi connectivity index (χ0) is 43.6. The lowest BCUT2D eigenvalue weighted by Crippen LogP contribution is -2.28. The third-order valence-electron chi connectivity index (χ3n) is 13.5. The number of fused-ring (bicyclic) bond motifs is 7. The Morgan fingerprint density at radius 3 is 1.64 bits per heavy atom. The van der Waals surface area contributed by atoms with Gasteiger partial charge in [-0.1, -0.05) is 188 Å². The van der Waals surface area contributed by atoms with E-state index in [0.29, 0.717) is 5.82 Å². The summed E-state index contributed by atoms with van der Waals surface area (Å²) >= 11 is 0. The topological polar surface area (TPSA) is 38.9 Å². The molecule has 0 atom stereocenters. The van der Waals surface area contributed by atoms with Gasteiger partial charge in [-0.25, -0.2) is 9.97 Å². The number of furan rings is 1. The van der Waals surface area contributed by atoms with Crippen molar-refractivity contribution < 1.29 is 4.42 Å². The van der Waals surface area contributed by atoms with Crippen molar-refractivity contribution in [1.29, 1.82) is 0 Å². The lowest BCUT2D eigenvalue weighted by Gasteiger charge is -2.34. The third-order valence-corrected chi connectivity index (χ3v) is 13.5. The maximum absolute atomic E-state index is 6.42. The fourth-order valence-electron chi connectivity index (χ4n) is 10.4. The van der Waals surface area contributed by atoms with Crippen LogP contribution in [0.1, 0.15) is 22.3 Å². The second-order valence-corrected chi connectivity index (χ2v) is 17.3.